The molecule has 31 heavy (non-hydrogen) atoms. The van der Waals surface area contributed by atoms with Crippen LogP contribution in [0.5, 0.6) is 0 Å². The zero-order chi connectivity index (χ0) is 23.1. The summed E-state index contributed by atoms with van der Waals surface area (Å²) >= 11 is 0. The molecule has 0 aliphatic heterocycles. The minimum absolute atomic E-state index is 0.00904. The molecule has 0 amide bonds. The molecule has 4 N–H and O–H groups in total. The Morgan fingerprint density at radius 2 is 1.87 bits per heavy atom. The van der Waals surface area contributed by atoms with Crippen LogP contribution in [0.3, 0.4) is 0 Å². The van der Waals surface area contributed by atoms with E-state index in [4.69, 9.17) is 5.11 Å². The standard InChI is InChI=1S/C25H36O6/c1-13-5-6-17-18(24(30)31)7-8-20-16(9-10-25(20,4)12-19(13)17)15(3)22(27)21(26)11-14(2)23(28)29/h7,9,11,13,15,17,19-22,26-27H,5-6,8,10,12H2,1-4H3,(H,28,29)(H,30,31). The van der Waals surface area contributed by atoms with Crippen molar-refractivity contribution in [3.63, 3.8) is 0 Å². The zero-order valence-electron chi connectivity index (χ0n) is 18.9. The maximum absolute atomic E-state index is 12.0. The summed E-state index contributed by atoms with van der Waals surface area (Å²) in [4.78, 5) is 23.1. The predicted octanol–water partition coefficient (Wildman–Crippen LogP) is 3.79. The van der Waals surface area contributed by atoms with Gasteiger partial charge in [-0.1, -0.05) is 38.5 Å². The van der Waals surface area contributed by atoms with E-state index in [1.807, 2.05) is 13.0 Å². The van der Waals surface area contributed by atoms with Gasteiger partial charge in [0.25, 0.3) is 0 Å². The third-order valence-corrected chi connectivity index (χ3v) is 8.30. The molecule has 3 aliphatic rings. The van der Waals surface area contributed by atoms with Gasteiger partial charge in [0.05, 0.1) is 12.2 Å². The Bertz CT molecular complexity index is 824. The van der Waals surface area contributed by atoms with Gasteiger partial charge in [-0.05, 0) is 74.2 Å². The average molecular weight is 433 g/mol. The molecule has 0 bridgehead atoms. The van der Waals surface area contributed by atoms with E-state index in [1.54, 1.807) is 0 Å². The lowest BCUT2D eigenvalue weighted by Crippen LogP contribution is -2.37. The first-order valence-electron chi connectivity index (χ1n) is 11.4. The highest BCUT2D eigenvalue weighted by Gasteiger charge is 2.49. The van der Waals surface area contributed by atoms with Crippen LogP contribution in [0.1, 0.15) is 59.8 Å². The highest BCUT2D eigenvalue weighted by molar-refractivity contribution is 5.87. The lowest BCUT2D eigenvalue weighted by molar-refractivity contribution is -0.134. The molecule has 0 radical (unpaired) electrons. The van der Waals surface area contributed by atoms with Crippen molar-refractivity contribution in [2.24, 2.45) is 35.0 Å². The first kappa shape index (κ1) is 23.7. The maximum Gasteiger partial charge on any atom is 0.331 e. The second-order valence-electron chi connectivity index (χ2n) is 10.3. The number of aliphatic hydroxyl groups is 2. The fraction of sp³-hybridized carbons (Fsp3) is 0.680. The second-order valence-corrected chi connectivity index (χ2v) is 10.3. The Hall–Kier alpha value is -1.92. The number of allylic oxidation sites excluding steroid dienone is 2. The highest BCUT2D eigenvalue weighted by Crippen LogP contribution is 2.57. The van der Waals surface area contributed by atoms with Crippen LogP contribution in [0.25, 0.3) is 0 Å². The smallest absolute Gasteiger partial charge is 0.331 e. The molecule has 1 fully saturated rings. The first-order chi connectivity index (χ1) is 14.5. The summed E-state index contributed by atoms with van der Waals surface area (Å²) in [5.74, 6) is -1.28. The Labute approximate surface area is 184 Å². The van der Waals surface area contributed by atoms with E-state index < -0.39 is 24.1 Å². The summed E-state index contributed by atoms with van der Waals surface area (Å²) in [7, 11) is 0. The van der Waals surface area contributed by atoms with Crippen molar-refractivity contribution < 1.29 is 30.0 Å². The van der Waals surface area contributed by atoms with Crippen LogP contribution in [0.2, 0.25) is 0 Å². The molecule has 0 heterocycles. The van der Waals surface area contributed by atoms with Gasteiger partial charge in [-0.3, -0.25) is 0 Å². The molecule has 0 aromatic rings. The Kier molecular flexibility index (Phi) is 6.82. The molecular formula is C25H36O6. The number of fused-ring (bicyclic) bond motifs is 2. The number of hydrogen-bond donors (Lipinski definition) is 4. The van der Waals surface area contributed by atoms with Gasteiger partial charge in [0.2, 0.25) is 0 Å². The van der Waals surface area contributed by atoms with Crippen LogP contribution in [0.4, 0.5) is 0 Å². The summed E-state index contributed by atoms with van der Waals surface area (Å²) in [6.45, 7) is 7.75. The maximum atomic E-state index is 12.0. The van der Waals surface area contributed by atoms with Gasteiger partial charge in [-0.25, -0.2) is 9.59 Å². The minimum atomic E-state index is -1.28. The van der Waals surface area contributed by atoms with Gasteiger partial charge in [-0.2, -0.15) is 0 Å². The molecule has 6 heteroatoms. The van der Waals surface area contributed by atoms with E-state index in [0.717, 1.165) is 31.3 Å². The van der Waals surface area contributed by atoms with Crippen molar-refractivity contribution in [3.05, 3.63) is 34.9 Å². The molecule has 172 valence electrons. The van der Waals surface area contributed by atoms with Crippen molar-refractivity contribution >= 4 is 11.9 Å². The van der Waals surface area contributed by atoms with Crippen LogP contribution >= 0.6 is 0 Å². The van der Waals surface area contributed by atoms with E-state index >= 15 is 0 Å². The quantitative estimate of drug-likeness (QED) is 0.375. The van der Waals surface area contributed by atoms with E-state index in [0.29, 0.717) is 23.8 Å². The van der Waals surface area contributed by atoms with Crippen molar-refractivity contribution in [3.8, 4) is 0 Å². The first-order valence-corrected chi connectivity index (χ1v) is 11.4. The normalized spacial score (nSPS) is 36.3. The monoisotopic (exact) mass is 432 g/mol. The molecule has 0 spiro atoms. The summed E-state index contributed by atoms with van der Waals surface area (Å²) in [6.07, 6.45) is 7.26. The molecule has 1 saturated carbocycles. The van der Waals surface area contributed by atoms with Crippen LogP contribution in [-0.2, 0) is 9.59 Å². The van der Waals surface area contributed by atoms with Gasteiger partial charge in [0.1, 0.15) is 0 Å². The Morgan fingerprint density at radius 1 is 1.19 bits per heavy atom. The minimum Gasteiger partial charge on any atom is -0.478 e. The number of carbonyl (C=O) groups is 2. The molecule has 8 unspecified atom stereocenters. The van der Waals surface area contributed by atoms with Crippen LogP contribution in [0.15, 0.2) is 34.9 Å². The zero-order valence-corrected chi connectivity index (χ0v) is 18.9. The molecule has 6 nitrogen and oxygen atoms in total. The van der Waals surface area contributed by atoms with Crippen molar-refractivity contribution in [2.45, 2.75) is 72.0 Å². The van der Waals surface area contributed by atoms with E-state index in [-0.39, 0.29) is 28.7 Å². The molecule has 3 aliphatic carbocycles. The van der Waals surface area contributed by atoms with Crippen LogP contribution < -0.4 is 0 Å². The largest absolute Gasteiger partial charge is 0.478 e. The van der Waals surface area contributed by atoms with E-state index in [9.17, 15) is 24.9 Å². The molecule has 3 rings (SSSR count). The molecular weight excluding hydrogens is 396 g/mol. The fourth-order valence-electron chi connectivity index (χ4n) is 6.28. The number of hydrogen-bond acceptors (Lipinski definition) is 4. The van der Waals surface area contributed by atoms with Crippen molar-refractivity contribution in [1.29, 1.82) is 0 Å². The Morgan fingerprint density at radius 3 is 2.48 bits per heavy atom. The summed E-state index contributed by atoms with van der Waals surface area (Å²) in [5, 5.41) is 40.1. The van der Waals surface area contributed by atoms with E-state index in [2.05, 4.69) is 19.9 Å². The topological polar surface area (TPSA) is 115 Å². The SMILES string of the molecule is CC(=CC(O)C(O)C(C)C1=CCC2(C)CC3C(C)CCC3C(C(=O)O)=CCC12)C(=O)O. The van der Waals surface area contributed by atoms with Crippen LogP contribution in [-0.4, -0.2) is 44.6 Å². The van der Waals surface area contributed by atoms with Gasteiger partial charge >= 0.3 is 11.9 Å². The summed E-state index contributed by atoms with van der Waals surface area (Å²) in [5.41, 5.74) is 1.56. The van der Waals surface area contributed by atoms with Crippen LogP contribution in [0, 0.1) is 35.0 Å². The molecule has 0 aromatic heterocycles. The Balaban J connectivity index is 1.88. The molecule has 0 saturated heterocycles. The summed E-state index contributed by atoms with van der Waals surface area (Å²) < 4.78 is 0. The average Bonchev–Trinajstić information content (AvgIpc) is 3.19. The molecule has 8 atom stereocenters. The van der Waals surface area contributed by atoms with Crippen molar-refractivity contribution in [1.82, 2.24) is 0 Å². The fourth-order valence-corrected chi connectivity index (χ4v) is 6.28. The third kappa shape index (κ3) is 4.51. The number of aliphatic carboxylic acids is 2. The van der Waals surface area contributed by atoms with Gasteiger partial charge < -0.3 is 20.4 Å². The van der Waals surface area contributed by atoms with Gasteiger partial charge in [0.15, 0.2) is 0 Å². The molecule has 0 aromatic carbocycles. The summed E-state index contributed by atoms with van der Waals surface area (Å²) in [6, 6.07) is 0. The lowest BCUT2D eigenvalue weighted by atomic mass is 9.63. The highest BCUT2D eigenvalue weighted by atomic mass is 16.4. The predicted molar refractivity (Wildman–Crippen MR) is 117 cm³/mol. The number of carboxylic acid groups (broad SMARTS) is 2. The number of aliphatic hydroxyl groups excluding tert-OH is 2. The van der Waals surface area contributed by atoms with Crippen molar-refractivity contribution in [2.75, 3.05) is 0 Å². The second kappa shape index (κ2) is 8.91. The number of carboxylic acids is 2. The number of rotatable bonds is 6. The lowest BCUT2D eigenvalue weighted by Gasteiger charge is -2.41. The third-order valence-electron chi connectivity index (χ3n) is 8.30. The van der Waals surface area contributed by atoms with E-state index in [1.165, 1.54) is 13.0 Å². The van der Waals surface area contributed by atoms with Gasteiger partial charge in [-0.15, -0.1) is 0 Å². The van der Waals surface area contributed by atoms with Gasteiger partial charge in [0, 0.05) is 17.1 Å².